The zero-order valence-corrected chi connectivity index (χ0v) is 11.9. The quantitative estimate of drug-likeness (QED) is 0.572. The van der Waals surface area contributed by atoms with Crippen molar-refractivity contribution in [3.05, 3.63) is 36.5 Å². The largest absolute Gasteiger partial charge is 0.481 e. The lowest BCUT2D eigenvalue weighted by Gasteiger charge is -2.33. The Balaban J connectivity index is 3.00. The molecule has 0 bridgehead atoms. The Morgan fingerprint density at radius 3 is 2.57 bits per heavy atom. The van der Waals surface area contributed by atoms with Gasteiger partial charge in [0, 0.05) is 12.5 Å². The molecule has 0 saturated heterocycles. The van der Waals surface area contributed by atoms with Gasteiger partial charge in [-0.25, -0.2) is 4.79 Å². The summed E-state index contributed by atoms with van der Waals surface area (Å²) in [6.45, 7) is 6.25. The van der Waals surface area contributed by atoms with Gasteiger partial charge < -0.3 is 14.9 Å². The smallest absolute Gasteiger partial charge is 0.330 e. The normalized spacial score (nSPS) is 25.6. The van der Waals surface area contributed by atoms with Crippen molar-refractivity contribution in [2.75, 3.05) is 0 Å². The molecule has 0 saturated carbocycles. The fourth-order valence-electron chi connectivity index (χ4n) is 2.36. The highest BCUT2D eigenvalue weighted by atomic mass is 16.5. The van der Waals surface area contributed by atoms with Crippen LogP contribution in [0.3, 0.4) is 0 Å². The number of carbonyl (C=O) groups excluding carboxylic acids is 1. The van der Waals surface area contributed by atoms with Crippen molar-refractivity contribution in [3.8, 4) is 0 Å². The van der Waals surface area contributed by atoms with Crippen LogP contribution in [0.2, 0.25) is 0 Å². The van der Waals surface area contributed by atoms with E-state index < -0.39 is 35.3 Å². The predicted octanol–water partition coefficient (Wildman–Crippen LogP) is 1.78. The fraction of sp³-hybridized carbons (Fsp3) is 0.400. The fourth-order valence-corrected chi connectivity index (χ4v) is 2.36. The van der Waals surface area contributed by atoms with Gasteiger partial charge in [0.05, 0.1) is 5.92 Å². The van der Waals surface area contributed by atoms with Crippen LogP contribution in [0.4, 0.5) is 0 Å². The molecule has 2 N–H and O–H groups in total. The third-order valence-corrected chi connectivity index (χ3v) is 3.44. The summed E-state index contributed by atoms with van der Waals surface area (Å²) in [5.74, 6) is -4.25. The van der Waals surface area contributed by atoms with E-state index in [1.165, 1.54) is 19.1 Å². The van der Waals surface area contributed by atoms with E-state index in [9.17, 15) is 24.6 Å². The first-order chi connectivity index (χ1) is 9.72. The predicted molar refractivity (Wildman–Crippen MR) is 74.5 cm³/mol. The number of carboxylic acid groups (broad SMARTS) is 2. The number of carboxylic acids is 2. The molecule has 0 aromatic rings. The molecule has 1 aliphatic carbocycles. The Labute approximate surface area is 122 Å². The van der Waals surface area contributed by atoms with Gasteiger partial charge >= 0.3 is 17.9 Å². The van der Waals surface area contributed by atoms with Gasteiger partial charge in [-0.2, -0.15) is 0 Å². The molecule has 3 unspecified atom stereocenters. The van der Waals surface area contributed by atoms with Gasteiger partial charge in [-0.15, -0.1) is 0 Å². The van der Waals surface area contributed by atoms with E-state index in [0.29, 0.717) is 5.57 Å². The van der Waals surface area contributed by atoms with E-state index in [4.69, 9.17) is 4.74 Å². The van der Waals surface area contributed by atoms with E-state index in [2.05, 4.69) is 6.58 Å². The van der Waals surface area contributed by atoms with Gasteiger partial charge in [0.25, 0.3) is 0 Å². The molecule has 0 amide bonds. The Kier molecular flexibility index (Phi) is 5.07. The molecule has 6 heteroatoms. The molecule has 0 aromatic heterocycles. The minimum Gasteiger partial charge on any atom is -0.481 e. The maximum absolute atomic E-state index is 11.5. The zero-order valence-electron chi connectivity index (χ0n) is 11.9. The molecule has 0 radical (unpaired) electrons. The molecule has 1 rings (SSSR count). The van der Waals surface area contributed by atoms with Crippen molar-refractivity contribution in [2.24, 2.45) is 11.3 Å². The van der Waals surface area contributed by atoms with Gasteiger partial charge in [-0.1, -0.05) is 30.4 Å². The summed E-state index contributed by atoms with van der Waals surface area (Å²) in [6.07, 6.45) is 5.02. The minimum atomic E-state index is -1.53. The molecule has 0 heterocycles. The SMILES string of the molecule is C=CC(=O)OC(C)CC1=CC=CC(C)(C(=O)O)C1C(=O)O. The van der Waals surface area contributed by atoms with Gasteiger partial charge in [0.1, 0.15) is 11.5 Å². The standard InChI is InChI=1S/C15H18O6/c1-4-11(16)21-9(2)8-10-6-5-7-15(3,14(19)20)12(10)13(17)18/h4-7,9,12H,1,8H2,2-3H3,(H,17,18)(H,19,20). The second-order valence-corrected chi connectivity index (χ2v) is 5.12. The van der Waals surface area contributed by atoms with Gasteiger partial charge in [0.2, 0.25) is 0 Å². The number of aliphatic carboxylic acids is 2. The summed E-state index contributed by atoms with van der Waals surface area (Å²) in [7, 11) is 0. The lowest BCUT2D eigenvalue weighted by atomic mass is 9.69. The third kappa shape index (κ3) is 3.59. The highest BCUT2D eigenvalue weighted by Crippen LogP contribution is 2.40. The van der Waals surface area contributed by atoms with E-state index in [1.807, 2.05) is 0 Å². The number of carbonyl (C=O) groups is 3. The number of rotatable bonds is 6. The molecule has 0 aliphatic heterocycles. The van der Waals surface area contributed by atoms with Crippen molar-refractivity contribution in [3.63, 3.8) is 0 Å². The van der Waals surface area contributed by atoms with Crippen molar-refractivity contribution in [1.29, 1.82) is 0 Å². The van der Waals surface area contributed by atoms with Crippen molar-refractivity contribution in [2.45, 2.75) is 26.4 Å². The van der Waals surface area contributed by atoms with E-state index in [1.54, 1.807) is 13.0 Å². The van der Waals surface area contributed by atoms with Crippen molar-refractivity contribution < 1.29 is 29.3 Å². The van der Waals surface area contributed by atoms with Crippen LogP contribution in [-0.4, -0.2) is 34.2 Å². The second kappa shape index (κ2) is 6.39. The number of allylic oxidation sites excluding steroid dienone is 2. The Morgan fingerprint density at radius 2 is 2.10 bits per heavy atom. The topological polar surface area (TPSA) is 101 Å². The highest BCUT2D eigenvalue weighted by molar-refractivity contribution is 5.88. The van der Waals surface area contributed by atoms with Crippen molar-refractivity contribution in [1.82, 2.24) is 0 Å². The number of esters is 1. The van der Waals surface area contributed by atoms with Crippen LogP contribution < -0.4 is 0 Å². The van der Waals surface area contributed by atoms with Gasteiger partial charge in [-0.05, 0) is 13.8 Å². The van der Waals surface area contributed by atoms with Crippen LogP contribution >= 0.6 is 0 Å². The summed E-state index contributed by atoms with van der Waals surface area (Å²) in [6, 6.07) is 0. The van der Waals surface area contributed by atoms with Crippen molar-refractivity contribution >= 4 is 17.9 Å². The Bertz CT molecular complexity index is 530. The maximum atomic E-state index is 11.5. The molecule has 3 atom stereocenters. The lowest BCUT2D eigenvalue weighted by Crippen LogP contribution is -2.41. The number of ether oxygens (including phenoxy) is 1. The van der Waals surface area contributed by atoms with E-state index in [-0.39, 0.29) is 6.42 Å². The maximum Gasteiger partial charge on any atom is 0.330 e. The minimum absolute atomic E-state index is 0.143. The first kappa shape index (κ1) is 16.7. The molecule has 6 nitrogen and oxygen atoms in total. The van der Waals surface area contributed by atoms with Gasteiger partial charge in [-0.3, -0.25) is 9.59 Å². The first-order valence-corrected chi connectivity index (χ1v) is 6.40. The van der Waals surface area contributed by atoms with Crippen LogP contribution in [0.5, 0.6) is 0 Å². The third-order valence-electron chi connectivity index (χ3n) is 3.44. The summed E-state index contributed by atoms with van der Waals surface area (Å²) in [5, 5.41) is 18.7. The average molecular weight is 294 g/mol. The summed E-state index contributed by atoms with van der Waals surface area (Å²) >= 11 is 0. The molecular formula is C15H18O6. The molecular weight excluding hydrogens is 276 g/mol. The zero-order chi connectivity index (χ0) is 16.2. The average Bonchev–Trinajstić information content (AvgIpc) is 2.37. The highest BCUT2D eigenvalue weighted by Gasteiger charge is 2.47. The monoisotopic (exact) mass is 294 g/mol. The lowest BCUT2D eigenvalue weighted by molar-refractivity contribution is -0.156. The first-order valence-electron chi connectivity index (χ1n) is 6.40. The molecule has 0 fully saturated rings. The van der Waals surface area contributed by atoms with Crippen LogP contribution in [0, 0.1) is 11.3 Å². The molecule has 1 aliphatic rings. The molecule has 0 spiro atoms. The van der Waals surface area contributed by atoms with E-state index >= 15 is 0 Å². The summed E-state index contributed by atoms with van der Waals surface area (Å²) in [5.41, 5.74) is -1.13. The van der Waals surface area contributed by atoms with Crippen LogP contribution in [0.1, 0.15) is 20.3 Å². The number of hydrogen-bond acceptors (Lipinski definition) is 4. The van der Waals surface area contributed by atoms with Crippen LogP contribution in [0.25, 0.3) is 0 Å². The Morgan fingerprint density at radius 1 is 1.48 bits per heavy atom. The summed E-state index contributed by atoms with van der Waals surface area (Å²) in [4.78, 5) is 34.0. The Hall–Kier alpha value is -2.37. The van der Waals surface area contributed by atoms with E-state index in [0.717, 1.165) is 6.08 Å². The van der Waals surface area contributed by atoms with Gasteiger partial charge in [0.15, 0.2) is 0 Å². The molecule has 0 aromatic carbocycles. The second-order valence-electron chi connectivity index (χ2n) is 5.12. The van der Waals surface area contributed by atoms with Crippen LogP contribution in [0.15, 0.2) is 36.5 Å². The summed E-state index contributed by atoms with van der Waals surface area (Å²) < 4.78 is 5.00. The van der Waals surface area contributed by atoms with Crippen LogP contribution in [-0.2, 0) is 19.1 Å². The number of hydrogen-bond donors (Lipinski definition) is 2. The molecule has 21 heavy (non-hydrogen) atoms. The molecule has 114 valence electrons.